The van der Waals surface area contributed by atoms with Crippen LogP contribution in [0.1, 0.15) is 0 Å². The molecule has 22 heavy (non-hydrogen) atoms. The quantitative estimate of drug-likeness (QED) is 0.262. The predicted octanol–water partition coefficient (Wildman–Crippen LogP) is -5.46. The van der Waals surface area contributed by atoms with Crippen molar-refractivity contribution in [3.63, 3.8) is 0 Å². The van der Waals surface area contributed by atoms with Gasteiger partial charge < -0.3 is 9.11 Å². The normalized spacial score (nSPS) is 14.8. The second-order valence-corrected chi connectivity index (χ2v) is 6.29. The van der Waals surface area contributed by atoms with Crippen LogP contribution in [0.5, 0.6) is 0 Å². The summed E-state index contributed by atoms with van der Waals surface area (Å²) < 4.78 is 151. The van der Waals surface area contributed by atoms with Gasteiger partial charge in [0.1, 0.15) is 0 Å². The number of hydrogen-bond acceptors (Lipinski definition) is 6. The summed E-state index contributed by atoms with van der Waals surface area (Å²) in [5.74, 6) is -15.4. The minimum absolute atomic E-state index is 0. The topological polar surface area (TPSA) is 114 Å². The SMILES string of the molecule is O=S(=O)([O-])C(F)(C(F)(F)C(F)(F)C(F)(F)F)S(=O)(=O)[O-].[Na+].[Na+]. The van der Waals surface area contributed by atoms with Gasteiger partial charge in [0.15, 0.2) is 20.2 Å². The number of halogens is 8. The first-order chi connectivity index (χ1) is 8.25. The maximum absolute atomic E-state index is 13.1. The molecule has 0 saturated heterocycles. The van der Waals surface area contributed by atoms with Crippen molar-refractivity contribution in [3.05, 3.63) is 0 Å². The van der Waals surface area contributed by atoms with Gasteiger partial charge in [0.25, 0.3) is 0 Å². The summed E-state index contributed by atoms with van der Waals surface area (Å²) in [6, 6.07) is 0. The standard InChI is InChI=1S/C4H2F8O6S2.2Na/c5-1(6,3(9,10)11)2(7,8)4(12,19(13,14)15)20(16,17)18;;/h(H,13,14,15)(H,16,17,18);;/q;2*+1/p-2. The third kappa shape index (κ3) is 4.08. The molecular formula is C4F8Na2O6S2. The van der Waals surface area contributed by atoms with Gasteiger partial charge in [-0.3, -0.25) is 0 Å². The molecule has 0 aliphatic rings. The van der Waals surface area contributed by atoms with E-state index in [1.165, 1.54) is 0 Å². The predicted molar refractivity (Wildman–Crippen MR) is 39.2 cm³/mol. The van der Waals surface area contributed by atoms with E-state index in [0.717, 1.165) is 0 Å². The fourth-order valence-corrected chi connectivity index (χ4v) is 2.69. The number of alkyl halides is 8. The van der Waals surface area contributed by atoms with Gasteiger partial charge in [-0.05, 0) is 0 Å². The monoisotopic (exact) mass is 406 g/mol. The molecule has 0 aliphatic heterocycles. The smallest absolute Gasteiger partial charge is 0.745 e. The second-order valence-electron chi connectivity index (χ2n) is 3.09. The van der Waals surface area contributed by atoms with Crippen LogP contribution in [0.4, 0.5) is 35.1 Å². The molecule has 0 fully saturated rings. The molecule has 122 valence electrons. The van der Waals surface area contributed by atoms with E-state index in [1.54, 1.807) is 0 Å². The Bertz CT molecular complexity index is 565. The molecule has 0 aromatic carbocycles. The summed E-state index contributed by atoms with van der Waals surface area (Å²) in [5.41, 5.74) is 0. The van der Waals surface area contributed by atoms with E-state index in [0.29, 0.717) is 0 Å². The van der Waals surface area contributed by atoms with Crippen molar-refractivity contribution in [2.45, 2.75) is 22.4 Å². The van der Waals surface area contributed by atoms with Gasteiger partial charge in [-0.1, -0.05) is 0 Å². The van der Waals surface area contributed by atoms with Crippen molar-refractivity contribution in [2.75, 3.05) is 0 Å². The van der Waals surface area contributed by atoms with Crippen molar-refractivity contribution in [1.29, 1.82) is 0 Å². The molecule has 0 aliphatic carbocycles. The summed E-state index contributed by atoms with van der Waals surface area (Å²) in [4.78, 5) is 0. The van der Waals surface area contributed by atoms with Gasteiger partial charge in [0, 0.05) is 0 Å². The molecule has 0 aromatic heterocycles. The minimum Gasteiger partial charge on any atom is -0.745 e. The van der Waals surface area contributed by atoms with Crippen LogP contribution in [0, 0.1) is 0 Å². The van der Waals surface area contributed by atoms with Gasteiger partial charge in [0.2, 0.25) is 0 Å². The molecule has 0 atom stereocenters. The first-order valence-electron chi connectivity index (χ1n) is 3.67. The first-order valence-corrected chi connectivity index (χ1v) is 6.49. The molecule has 0 unspecified atom stereocenters. The third-order valence-corrected chi connectivity index (χ3v) is 4.79. The van der Waals surface area contributed by atoms with Crippen molar-refractivity contribution in [1.82, 2.24) is 0 Å². The van der Waals surface area contributed by atoms with Gasteiger partial charge in [-0.2, -0.15) is 30.7 Å². The molecule has 0 amide bonds. The Hall–Kier alpha value is 1.26. The summed E-state index contributed by atoms with van der Waals surface area (Å²) in [5, 5.41) is 0. The Morgan fingerprint density at radius 2 is 0.818 bits per heavy atom. The summed E-state index contributed by atoms with van der Waals surface area (Å²) in [6.07, 6.45) is -7.36. The van der Waals surface area contributed by atoms with Crippen LogP contribution >= 0.6 is 0 Å². The Morgan fingerprint density at radius 3 is 0.955 bits per heavy atom. The average molecular weight is 406 g/mol. The minimum atomic E-state index is -7.77. The zero-order chi connectivity index (χ0) is 17.0. The maximum Gasteiger partial charge on any atom is 1.00 e. The molecule has 0 rings (SSSR count). The Balaban J connectivity index is -0.00000180. The fraction of sp³-hybridized carbons (Fsp3) is 1.00. The molecule has 0 spiro atoms. The maximum atomic E-state index is 13.1. The molecule has 0 saturated carbocycles. The summed E-state index contributed by atoms with van der Waals surface area (Å²) in [6.45, 7) is 0. The number of hydrogen-bond donors (Lipinski definition) is 0. The largest absolute Gasteiger partial charge is 1.00 e. The van der Waals surface area contributed by atoms with Crippen LogP contribution in [0.3, 0.4) is 0 Å². The molecule has 0 aromatic rings. The van der Waals surface area contributed by atoms with Crippen LogP contribution in [0.15, 0.2) is 0 Å². The molecular weight excluding hydrogens is 406 g/mol. The van der Waals surface area contributed by atoms with Crippen molar-refractivity contribution < 1.29 is 120 Å². The zero-order valence-electron chi connectivity index (χ0n) is 10.3. The Kier molecular flexibility index (Phi) is 9.25. The second kappa shape index (κ2) is 7.25. The van der Waals surface area contributed by atoms with Crippen molar-refractivity contribution in [2.24, 2.45) is 0 Å². The molecule has 18 heteroatoms. The van der Waals surface area contributed by atoms with Crippen LogP contribution in [0.25, 0.3) is 0 Å². The molecule has 0 N–H and O–H groups in total. The van der Waals surface area contributed by atoms with E-state index in [2.05, 4.69) is 0 Å². The molecule has 6 nitrogen and oxygen atoms in total. The van der Waals surface area contributed by atoms with Crippen LogP contribution in [-0.4, -0.2) is 48.3 Å². The molecule has 0 radical (unpaired) electrons. The van der Waals surface area contributed by atoms with Crippen LogP contribution in [0.2, 0.25) is 0 Å². The number of rotatable bonds is 4. The van der Waals surface area contributed by atoms with Crippen LogP contribution < -0.4 is 59.1 Å². The van der Waals surface area contributed by atoms with Gasteiger partial charge in [-0.15, -0.1) is 0 Å². The third-order valence-electron chi connectivity index (χ3n) is 1.77. The Labute approximate surface area is 161 Å². The fourth-order valence-electron chi connectivity index (χ4n) is 0.805. The van der Waals surface area contributed by atoms with E-state index < -0.39 is 42.6 Å². The molecule has 0 bridgehead atoms. The van der Waals surface area contributed by atoms with E-state index in [9.17, 15) is 61.1 Å². The van der Waals surface area contributed by atoms with E-state index >= 15 is 0 Å². The van der Waals surface area contributed by atoms with E-state index in [1.807, 2.05) is 0 Å². The first kappa shape index (κ1) is 28.1. The summed E-state index contributed by atoms with van der Waals surface area (Å²) >= 11 is 0. The van der Waals surface area contributed by atoms with E-state index in [-0.39, 0.29) is 59.1 Å². The molecule has 0 heterocycles. The van der Waals surface area contributed by atoms with Gasteiger partial charge >= 0.3 is 81.5 Å². The van der Waals surface area contributed by atoms with Crippen molar-refractivity contribution in [3.8, 4) is 0 Å². The van der Waals surface area contributed by atoms with Crippen molar-refractivity contribution >= 4 is 20.2 Å². The van der Waals surface area contributed by atoms with E-state index in [4.69, 9.17) is 0 Å². The van der Waals surface area contributed by atoms with Crippen LogP contribution in [-0.2, 0) is 20.2 Å². The Morgan fingerprint density at radius 1 is 0.591 bits per heavy atom. The van der Waals surface area contributed by atoms with Gasteiger partial charge in [0.05, 0.1) is 0 Å². The zero-order valence-corrected chi connectivity index (χ0v) is 15.9. The van der Waals surface area contributed by atoms with Gasteiger partial charge in [-0.25, -0.2) is 21.2 Å². The average Bonchev–Trinajstić information content (AvgIpc) is 2.10. The summed E-state index contributed by atoms with van der Waals surface area (Å²) in [7, 11) is -15.5.